The van der Waals surface area contributed by atoms with E-state index in [0.717, 1.165) is 6.20 Å². The number of hydrogen-bond acceptors (Lipinski definition) is 7. The zero-order valence-electron chi connectivity index (χ0n) is 14.2. The molecular weight excluding hydrogens is 330 g/mol. The van der Waals surface area contributed by atoms with Crippen molar-refractivity contribution >= 4 is 17.4 Å². The van der Waals surface area contributed by atoms with E-state index in [2.05, 4.69) is 10.3 Å². The van der Waals surface area contributed by atoms with Gasteiger partial charge in [-0.3, -0.25) is 14.9 Å². The van der Waals surface area contributed by atoms with Crippen molar-refractivity contribution < 1.29 is 23.9 Å². The van der Waals surface area contributed by atoms with Crippen LogP contribution in [0, 0.1) is 17.0 Å². The van der Waals surface area contributed by atoms with Crippen LogP contribution in [0.4, 0.5) is 11.5 Å². The molecule has 0 unspecified atom stereocenters. The topological polar surface area (TPSA) is 113 Å². The summed E-state index contributed by atoms with van der Waals surface area (Å²) in [6.45, 7) is 1.56. The second kappa shape index (κ2) is 7.47. The molecule has 0 atom stereocenters. The van der Waals surface area contributed by atoms with Crippen molar-refractivity contribution in [2.45, 2.75) is 6.92 Å². The van der Waals surface area contributed by atoms with Crippen molar-refractivity contribution in [1.82, 2.24) is 4.98 Å². The highest BCUT2D eigenvalue weighted by Gasteiger charge is 2.18. The average molecular weight is 347 g/mol. The van der Waals surface area contributed by atoms with Gasteiger partial charge >= 0.3 is 0 Å². The van der Waals surface area contributed by atoms with Crippen LogP contribution in [0.15, 0.2) is 24.4 Å². The lowest BCUT2D eigenvalue weighted by atomic mass is 10.1. The second-order valence-corrected chi connectivity index (χ2v) is 4.98. The third kappa shape index (κ3) is 3.77. The Balaban J connectivity index is 2.32. The first-order valence-corrected chi connectivity index (χ1v) is 7.13. The highest BCUT2D eigenvalue weighted by atomic mass is 16.6. The molecular formula is C16H17N3O6. The molecule has 0 bridgehead atoms. The van der Waals surface area contributed by atoms with Gasteiger partial charge in [0.15, 0.2) is 11.5 Å². The smallest absolute Gasteiger partial charge is 0.290 e. The van der Waals surface area contributed by atoms with Gasteiger partial charge in [0, 0.05) is 11.1 Å². The Kier molecular flexibility index (Phi) is 5.38. The molecule has 2 aromatic rings. The lowest BCUT2D eigenvalue weighted by Gasteiger charge is -2.14. The minimum atomic E-state index is -0.535. The molecule has 0 spiro atoms. The molecule has 1 amide bonds. The number of aromatic nitrogens is 1. The van der Waals surface area contributed by atoms with Crippen molar-refractivity contribution in [2.24, 2.45) is 0 Å². The number of nitrogens with one attached hydrogen (secondary N) is 1. The highest BCUT2D eigenvalue weighted by molar-refractivity contribution is 6.04. The van der Waals surface area contributed by atoms with Crippen LogP contribution in [0.1, 0.15) is 15.9 Å². The van der Waals surface area contributed by atoms with Crippen LogP contribution >= 0.6 is 0 Å². The number of ether oxygens (including phenoxy) is 3. The fourth-order valence-electron chi connectivity index (χ4n) is 2.21. The van der Waals surface area contributed by atoms with E-state index < -0.39 is 10.8 Å². The van der Waals surface area contributed by atoms with Crippen molar-refractivity contribution in [3.05, 3.63) is 45.6 Å². The van der Waals surface area contributed by atoms with Crippen LogP contribution < -0.4 is 19.5 Å². The number of pyridine rings is 1. The molecule has 25 heavy (non-hydrogen) atoms. The van der Waals surface area contributed by atoms with Gasteiger partial charge in [-0.2, -0.15) is 0 Å². The highest BCUT2D eigenvalue weighted by Crippen LogP contribution is 2.38. The summed E-state index contributed by atoms with van der Waals surface area (Å²) < 4.78 is 15.6. The lowest BCUT2D eigenvalue weighted by Crippen LogP contribution is -2.14. The molecule has 0 radical (unpaired) electrons. The number of carbonyl (C=O) groups is 1. The SMILES string of the molecule is COc1cc(C(=O)Nc2cc(C)c([N+](=O)[O-])cn2)cc(OC)c1OC. The Labute approximate surface area is 143 Å². The molecule has 1 N–H and O–H groups in total. The van der Waals surface area contributed by atoms with E-state index in [1.807, 2.05) is 0 Å². The summed E-state index contributed by atoms with van der Waals surface area (Å²) in [4.78, 5) is 26.6. The average Bonchev–Trinajstić information content (AvgIpc) is 2.59. The third-order valence-corrected chi connectivity index (χ3v) is 3.45. The molecule has 1 aromatic heterocycles. The van der Waals surface area contributed by atoms with Gasteiger partial charge < -0.3 is 19.5 Å². The molecule has 0 aliphatic heterocycles. The first-order valence-electron chi connectivity index (χ1n) is 7.13. The number of carbonyl (C=O) groups excluding carboxylic acids is 1. The molecule has 132 valence electrons. The van der Waals surface area contributed by atoms with Crippen molar-refractivity contribution in [2.75, 3.05) is 26.6 Å². The van der Waals surface area contributed by atoms with Gasteiger partial charge in [0.25, 0.3) is 11.6 Å². The maximum atomic E-state index is 12.4. The first kappa shape index (κ1) is 18.0. The molecule has 0 fully saturated rings. The monoisotopic (exact) mass is 347 g/mol. The fourth-order valence-corrected chi connectivity index (χ4v) is 2.21. The van der Waals surface area contributed by atoms with Crippen molar-refractivity contribution in [1.29, 1.82) is 0 Å². The number of aryl methyl sites for hydroxylation is 1. The van der Waals surface area contributed by atoms with Gasteiger partial charge in [0.05, 0.1) is 26.3 Å². The van der Waals surface area contributed by atoms with Gasteiger partial charge in [-0.15, -0.1) is 0 Å². The maximum Gasteiger partial charge on any atom is 0.290 e. The molecule has 1 heterocycles. The van der Waals surface area contributed by atoms with Crippen LogP contribution in [-0.2, 0) is 0 Å². The number of anilines is 1. The van der Waals surface area contributed by atoms with Crippen molar-refractivity contribution in [3.8, 4) is 17.2 Å². The minimum absolute atomic E-state index is 0.120. The number of nitrogens with zero attached hydrogens (tertiary/aromatic N) is 2. The molecule has 0 saturated heterocycles. The summed E-state index contributed by atoms with van der Waals surface area (Å²) in [6, 6.07) is 4.41. The van der Waals surface area contributed by atoms with E-state index >= 15 is 0 Å². The Morgan fingerprint density at radius 1 is 1.12 bits per heavy atom. The zero-order valence-corrected chi connectivity index (χ0v) is 14.2. The zero-order chi connectivity index (χ0) is 18.6. The fraction of sp³-hybridized carbons (Fsp3) is 0.250. The number of amides is 1. The van der Waals surface area contributed by atoms with E-state index in [-0.39, 0.29) is 17.1 Å². The molecule has 9 nitrogen and oxygen atoms in total. The van der Waals surface area contributed by atoms with E-state index in [4.69, 9.17) is 14.2 Å². The van der Waals surface area contributed by atoms with Crippen LogP contribution in [0.3, 0.4) is 0 Å². The Bertz CT molecular complexity index is 797. The summed E-state index contributed by atoms with van der Waals surface area (Å²) in [5.41, 5.74) is 0.526. The summed E-state index contributed by atoms with van der Waals surface area (Å²) in [7, 11) is 4.35. The van der Waals surface area contributed by atoms with E-state index in [1.165, 1.54) is 39.5 Å². The first-order chi connectivity index (χ1) is 11.9. The predicted octanol–water partition coefficient (Wildman–Crippen LogP) is 2.58. The van der Waals surface area contributed by atoms with Gasteiger partial charge in [0.2, 0.25) is 5.75 Å². The normalized spacial score (nSPS) is 10.1. The van der Waals surface area contributed by atoms with Crippen LogP contribution in [0.25, 0.3) is 0 Å². The quantitative estimate of drug-likeness (QED) is 0.631. The second-order valence-electron chi connectivity index (χ2n) is 4.98. The number of rotatable bonds is 6. The Morgan fingerprint density at radius 3 is 2.16 bits per heavy atom. The molecule has 9 heteroatoms. The van der Waals surface area contributed by atoms with E-state index in [1.54, 1.807) is 6.92 Å². The van der Waals surface area contributed by atoms with Crippen molar-refractivity contribution in [3.63, 3.8) is 0 Å². The number of benzene rings is 1. The molecule has 2 rings (SSSR count). The van der Waals surface area contributed by atoms with Crippen LogP contribution in [0.5, 0.6) is 17.2 Å². The van der Waals surface area contributed by atoms with Gasteiger partial charge in [-0.05, 0) is 25.1 Å². The molecule has 0 saturated carbocycles. The molecule has 0 aliphatic carbocycles. The van der Waals surface area contributed by atoms with Crippen LogP contribution in [0.2, 0.25) is 0 Å². The molecule has 0 aliphatic rings. The standard InChI is InChI=1S/C16H17N3O6/c1-9-5-14(17-8-11(9)19(21)22)18-16(20)10-6-12(23-2)15(25-4)13(7-10)24-3/h5-8H,1-4H3,(H,17,18,20). The number of hydrogen-bond donors (Lipinski definition) is 1. The largest absolute Gasteiger partial charge is 0.493 e. The maximum absolute atomic E-state index is 12.4. The summed E-state index contributed by atoms with van der Waals surface area (Å²) in [5, 5.41) is 13.4. The van der Waals surface area contributed by atoms with Gasteiger partial charge in [0.1, 0.15) is 12.0 Å². The van der Waals surface area contributed by atoms with Crippen LogP contribution in [-0.4, -0.2) is 37.1 Å². The minimum Gasteiger partial charge on any atom is -0.493 e. The van der Waals surface area contributed by atoms with Gasteiger partial charge in [-0.25, -0.2) is 4.98 Å². The summed E-state index contributed by atoms with van der Waals surface area (Å²) >= 11 is 0. The Hall–Kier alpha value is -3.36. The third-order valence-electron chi connectivity index (χ3n) is 3.45. The number of methoxy groups -OCH3 is 3. The van der Waals surface area contributed by atoms with E-state index in [0.29, 0.717) is 22.8 Å². The summed E-state index contributed by atoms with van der Waals surface area (Å²) in [5.74, 6) is 0.757. The summed E-state index contributed by atoms with van der Waals surface area (Å²) in [6.07, 6.45) is 1.10. The van der Waals surface area contributed by atoms with Gasteiger partial charge in [-0.1, -0.05) is 0 Å². The number of nitro groups is 1. The molecule has 1 aromatic carbocycles. The predicted molar refractivity (Wildman–Crippen MR) is 89.7 cm³/mol. The lowest BCUT2D eigenvalue weighted by molar-refractivity contribution is -0.385. The Morgan fingerprint density at radius 2 is 1.72 bits per heavy atom. The van der Waals surface area contributed by atoms with E-state index in [9.17, 15) is 14.9 Å².